The maximum absolute atomic E-state index is 12.1. The van der Waals surface area contributed by atoms with Gasteiger partial charge in [0.2, 0.25) is 0 Å². The first-order valence-corrected chi connectivity index (χ1v) is 7.57. The van der Waals surface area contributed by atoms with E-state index < -0.39 is 10.8 Å². The van der Waals surface area contributed by atoms with Crippen molar-refractivity contribution >= 4 is 35.8 Å². The van der Waals surface area contributed by atoms with Crippen molar-refractivity contribution in [1.29, 1.82) is 0 Å². The van der Waals surface area contributed by atoms with Crippen LogP contribution in [0, 0.1) is 10.1 Å². The van der Waals surface area contributed by atoms with Gasteiger partial charge in [-0.25, -0.2) is 0 Å². The molecule has 0 radical (unpaired) electrons. The Hall–Kier alpha value is -1.51. The van der Waals surface area contributed by atoms with Crippen LogP contribution in [0.4, 0.5) is 5.69 Å². The molecule has 9 heteroatoms. The highest BCUT2D eigenvalue weighted by atomic mass is 35.5. The first-order valence-electron chi connectivity index (χ1n) is 6.34. The number of nitro groups is 1. The van der Waals surface area contributed by atoms with E-state index in [0.717, 1.165) is 0 Å². The van der Waals surface area contributed by atoms with Crippen molar-refractivity contribution < 1.29 is 14.5 Å². The molecule has 22 heavy (non-hydrogen) atoms. The third kappa shape index (κ3) is 5.36. The molecule has 124 valence electrons. The van der Waals surface area contributed by atoms with E-state index in [9.17, 15) is 14.9 Å². The van der Waals surface area contributed by atoms with Gasteiger partial charge < -0.3 is 15.8 Å². The van der Waals surface area contributed by atoms with E-state index in [-0.39, 0.29) is 29.7 Å². The number of methoxy groups -OCH3 is 1. The van der Waals surface area contributed by atoms with Crippen molar-refractivity contribution in [1.82, 2.24) is 5.32 Å². The minimum Gasteiger partial charge on any atom is -0.495 e. The quantitative estimate of drug-likeness (QED) is 0.444. The van der Waals surface area contributed by atoms with Crippen LogP contribution in [-0.4, -0.2) is 36.8 Å². The summed E-state index contributed by atoms with van der Waals surface area (Å²) in [5.74, 6) is -0.110. The predicted molar refractivity (Wildman–Crippen MR) is 89.3 cm³/mol. The summed E-state index contributed by atoms with van der Waals surface area (Å²) in [6.07, 6.45) is 2.41. The Morgan fingerprint density at radius 3 is 2.64 bits per heavy atom. The number of rotatable bonds is 7. The molecule has 0 fully saturated rings. The van der Waals surface area contributed by atoms with Crippen LogP contribution in [0.2, 0.25) is 0 Å². The largest absolute Gasteiger partial charge is 0.495 e. The Morgan fingerprint density at radius 2 is 2.18 bits per heavy atom. The van der Waals surface area contributed by atoms with Crippen LogP contribution in [0.5, 0.6) is 5.75 Å². The molecular formula is C13H20ClN3O4S. The molecule has 0 aromatic heterocycles. The van der Waals surface area contributed by atoms with Gasteiger partial charge >= 0.3 is 0 Å². The molecule has 0 heterocycles. The van der Waals surface area contributed by atoms with Gasteiger partial charge in [0.05, 0.1) is 23.0 Å². The van der Waals surface area contributed by atoms with Crippen molar-refractivity contribution in [2.75, 3.05) is 19.9 Å². The number of carbonyl (C=O) groups excluding carboxylic acids is 1. The zero-order chi connectivity index (χ0) is 16.0. The summed E-state index contributed by atoms with van der Waals surface area (Å²) < 4.78 is 5.10. The number of thioether (sulfide) groups is 1. The van der Waals surface area contributed by atoms with E-state index in [1.807, 2.05) is 13.2 Å². The number of nitrogens with one attached hydrogen (secondary N) is 1. The molecule has 1 amide bonds. The summed E-state index contributed by atoms with van der Waals surface area (Å²) in [6, 6.07) is 2.70. The first kappa shape index (κ1) is 20.5. The second kappa shape index (κ2) is 9.50. The minimum atomic E-state index is -0.590. The monoisotopic (exact) mass is 349 g/mol. The average Bonchev–Trinajstić information content (AvgIpc) is 2.44. The number of ether oxygens (including phenoxy) is 1. The van der Waals surface area contributed by atoms with Crippen molar-refractivity contribution in [2.24, 2.45) is 5.73 Å². The number of nitrogens with zero attached hydrogens (tertiary/aromatic N) is 1. The fourth-order valence-electron chi connectivity index (χ4n) is 1.71. The van der Waals surface area contributed by atoms with Gasteiger partial charge in [-0.05, 0) is 25.7 Å². The molecule has 1 unspecified atom stereocenters. The fraction of sp³-hybridized carbons (Fsp3) is 0.462. The molecule has 3 N–H and O–H groups in total. The summed E-state index contributed by atoms with van der Waals surface area (Å²) in [5.41, 5.74) is 5.35. The summed E-state index contributed by atoms with van der Waals surface area (Å²) in [6.45, 7) is 2.20. The molecule has 1 aromatic carbocycles. The molecule has 7 nitrogen and oxygen atoms in total. The molecule has 0 aliphatic heterocycles. The zero-order valence-electron chi connectivity index (χ0n) is 12.6. The van der Waals surface area contributed by atoms with Crippen LogP contribution in [0.15, 0.2) is 17.0 Å². The number of hydrogen-bond donors (Lipinski definition) is 2. The van der Waals surface area contributed by atoms with Gasteiger partial charge in [0.1, 0.15) is 11.3 Å². The van der Waals surface area contributed by atoms with Gasteiger partial charge in [-0.15, -0.1) is 24.2 Å². The van der Waals surface area contributed by atoms with E-state index in [4.69, 9.17) is 10.5 Å². The molecule has 1 atom stereocenters. The van der Waals surface area contributed by atoms with Gasteiger partial charge in [0.25, 0.3) is 11.6 Å². The normalized spacial score (nSPS) is 11.3. The van der Waals surface area contributed by atoms with Crippen LogP contribution in [0.25, 0.3) is 0 Å². The summed E-state index contributed by atoms with van der Waals surface area (Å²) in [5, 5.41) is 13.8. The maximum Gasteiger partial charge on any atom is 0.285 e. The van der Waals surface area contributed by atoms with Crippen LogP contribution < -0.4 is 15.8 Å². The lowest BCUT2D eigenvalue weighted by atomic mass is 10.1. The van der Waals surface area contributed by atoms with Crippen molar-refractivity contribution in [3.05, 3.63) is 27.8 Å². The Kier molecular flexibility index (Phi) is 8.84. The Bertz CT molecular complexity index is 540. The number of amides is 1. The number of hydrogen-bond acceptors (Lipinski definition) is 6. The summed E-state index contributed by atoms with van der Waals surface area (Å²) in [4.78, 5) is 23.3. The van der Waals surface area contributed by atoms with Crippen molar-refractivity contribution in [2.45, 2.75) is 24.3 Å². The van der Waals surface area contributed by atoms with E-state index in [2.05, 4.69) is 5.32 Å². The van der Waals surface area contributed by atoms with Crippen LogP contribution in [0.1, 0.15) is 23.7 Å². The van der Waals surface area contributed by atoms with Gasteiger partial charge in [0, 0.05) is 12.6 Å². The topological polar surface area (TPSA) is 107 Å². The number of benzene rings is 1. The van der Waals surface area contributed by atoms with Crippen LogP contribution in [-0.2, 0) is 0 Å². The summed E-state index contributed by atoms with van der Waals surface area (Å²) in [7, 11) is 1.43. The van der Waals surface area contributed by atoms with Gasteiger partial charge in [-0.2, -0.15) is 0 Å². The maximum atomic E-state index is 12.1. The van der Waals surface area contributed by atoms with Crippen molar-refractivity contribution in [3.63, 3.8) is 0 Å². The third-order valence-electron chi connectivity index (χ3n) is 2.83. The molecule has 0 aliphatic rings. The standard InChI is InChI=1S/C13H19N3O4S.ClH/c1-8(14)4-5-15-13(17)9-6-12(21-3)11(20-2)7-10(9)16(18)19;/h6-8H,4-5,14H2,1-3H3,(H,15,17);1H. The molecule has 0 saturated carbocycles. The van der Waals surface area contributed by atoms with Crippen molar-refractivity contribution in [3.8, 4) is 5.75 Å². The van der Waals surface area contributed by atoms with E-state index in [1.165, 1.54) is 31.0 Å². The Balaban J connectivity index is 0.00000441. The zero-order valence-corrected chi connectivity index (χ0v) is 14.3. The second-order valence-corrected chi connectivity index (χ2v) is 5.35. The molecule has 0 bridgehead atoms. The minimum absolute atomic E-state index is 0. The van der Waals surface area contributed by atoms with E-state index in [0.29, 0.717) is 23.6 Å². The van der Waals surface area contributed by atoms with Gasteiger partial charge in [-0.3, -0.25) is 14.9 Å². The Labute approximate surface area is 139 Å². The smallest absolute Gasteiger partial charge is 0.285 e. The highest BCUT2D eigenvalue weighted by Gasteiger charge is 2.23. The van der Waals surface area contributed by atoms with Crippen LogP contribution in [0.3, 0.4) is 0 Å². The number of nitrogens with two attached hydrogens (primary N) is 1. The highest BCUT2D eigenvalue weighted by Crippen LogP contribution is 2.34. The molecule has 0 spiro atoms. The fourth-order valence-corrected chi connectivity index (χ4v) is 2.29. The number of nitro benzene ring substituents is 1. The molecule has 0 aliphatic carbocycles. The lowest BCUT2D eigenvalue weighted by Crippen LogP contribution is -2.29. The molecule has 1 aromatic rings. The number of carbonyl (C=O) groups is 1. The highest BCUT2D eigenvalue weighted by molar-refractivity contribution is 7.98. The molecule has 1 rings (SSSR count). The van der Waals surface area contributed by atoms with Gasteiger partial charge in [-0.1, -0.05) is 0 Å². The lowest BCUT2D eigenvalue weighted by molar-refractivity contribution is -0.385. The SMILES string of the molecule is COc1cc([N+](=O)[O-])c(C(=O)NCCC(C)N)cc1SC.Cl. The lowest BCUT2D eigenvalue weighted by Gasteiger charge is -2.11. The van der Waals surface area contributed by atoms with E-state index in [1.54, 1.807) is 0 Å². The van der Waals surface area contributed by atoms with Crippen LogP contribution >= 0.6 is 24.2 Å². The van der Waals surface area contributed by atoms with E-state index >= 15 is 0 Å². The second-order valence-electron chi connectivity index (χ2n) is 4.50. The Morgan fingerprint density at radius 1 is 1.55 bits per heavy atom. The predicted octanol–water partition coefficient (Wildman–Crippen LogP) is 2.21. The van der Waals surface area contributed by atoms with Gasteiger partial charge in [0.15, 0.2) is 0 Å². The number of halogens is 1. The molecular weight excluding hydrogens is 330 g/mol. The summed E-state index contributed by atoms with van der Waals surface area (Å²) >= 11 is 1.35. The molecule has 0 saturated heterocycles. The average molecular weight is 350 g/mol. The first-order chi connectivity index (χ1) is 9.90. The third-order valence-corrected chi connectivity index (χ3v) is 3.59.